The third-order valence-electron chi connectivity index (χ3n) is 5.49. The molecule has 1 fully saturated rings. The number of nitrogens with one attached hydrogen (secondary N) is 1. The molecule has 0 radical (unpaired) electrons. The van der Waals surface area contributed by atoms with E-state index in [9.17, 15) is 18.8 Å². The molecule has 1 heterocycles. The lowest BCUT2D eigenvalue weighted by Gasteiger charge is -2.26. The van der Waals surface area contributed by atoms with E-state index in [2.05, 4.69) is 5.32 Å². The molecule has 1 N–H and O–H groups in total. The van der Waals surface area contributed by atoms with Gasteiger partial charge in [-0.15, -0.1) is 0 Å². The van der Waals surface area contributed by atoms with Crippen molar-refractivity contribution in [2.24, 2.45) is 0 Å². The molecule has 1 aliphatic heterocycles. The molecule has 5 nitrogen and oxygen atoms in total. The number of barbiturate groups is 1. The minimum absolute atomic E-state index is 0.135. The van der Waals surface area contributed by atoms with Crippen LogP contribution in [0.2, 0.25) is 0 Å². The lowest BCUT2D eigenvalue weighted by molar-refractivity contribution is -0.122. The van der Waals surface area contributed by atoms with Crippen molar-refractivity contribution in [2.45, 2.75) is 20.3 Å². The van der Waals surface area contributed by atoms with Gasteiger partial charge in [-0.3, -0.25) is 14.9 Å². The minimum Gasteiger partial charge on any atom is -0.273 e. The normalized spacial score (nSPS) is 15.3. The molecule has 0 saturated carbocycles. The zero-order valence-corrected chi connectivity index (χ0v) is 17.7. The number of carbonyl (C=O) groups excluding carboxylic acids is 3. The van der Waals surface area contributed by atoms with Crippen LogP contribution < -0.4 is 10.2 Å². The average molecular weight is 428 g/mol. The van der Waals surface area contributed by atoms with Crippen LogP contribution >= 0.6 is 0 Å². The van der Waals surface area contributed by atoms with Gasteiger partial charge in [-0.25, -0.2) is 14.1 Å². The topological polar surface area (TPSA) is 66.5 Å². The third-order valence-corrected chi connectivity index (χ3v) is 5.49. The van der Waals surface area contributed by atoms with Gasteiger partial charge in [0.2, 0.25) is 0 Å². The second kappa shape index (κ2) is 8.59. The molecule has 3 aromatic rings. The number of rotatable bonds is 4. The van der Waals surface area contributed by atoms with Gasteiger partial charge in [-0.05, 0) is 65.9 Å². The number of nitrogens with zero attached hydrogens (tertiary/aromatic N) is 1. The maximum absolute atomic E-state index is 13.9. The van der Waals surface area contributed by atoms with Gasteiger partial charge >= 0.3 is 6.03 Å². The Morgan fingerprint density at radius 3 is 2.31 bits per heavy atom. The van der Waals surface area contributed by atoms with Gasteiger partial charge in [0.1, 0.15) is 11.4 Å². The summed E-state index contributed by atoms with van der Waals surface area (Å²) < 4.78 is 13.9. The van der Waals surface area contributed by atoms with E-state index in [4.69, 9.17) is 0 Å². The van der Waals surface area contributed by atoms with Crippen molar-refractivity contribution < 1.29 is 18.8 Å². The summed E-state index contributed by atoms with van der Waals surface area (Å²) in [4.78, 5) is 38.7. The Labute approximate surface area is 185 Å². The van der Waals surface area contributed by atoms with Crippen LogP contribution in [0.3, 0.4) is 0 Å². The smallest absolute Gasteiger partial charge is 0.273 e. The molecule has 0 unspecified atom stereocenters. The summed E-state index contributed by atoms with van der Waals surface area (Å²) in [5, 5.41) is 2.23. The molecule has 0 spiro atoms. The highest BCUT2D eigenvalue weighted by molar-refractivity contribution is 6.39. The minimum atomic E-state index is -0.777. The molecular formula is C26H21FN2O3. The number of hydrogen-bond acceptors (Lipinski definition) is 3. The number of halogens is 1. The van der Waals surface area contributed by atoms with Crippen molar-refractivity contribution in [2.75, 3.05) is 4.90 Å². The molecule has 4 amide bonds. The van der Waals surface area contributed by atoms with Gasteiger partial charge < -0.3 is 0 Å². The SMILES string of the molecule is Cc1ccc(N2C(=O)NC(=O)/C(=C\c3ccc(Cc4ccccc4F)cc3)C2=O)cc1C. The number of urea groups is 1. The van der Waals surface area contributed by atoms with E-state index in [1.54, 1.807) is 42.5 Å². The highest BCUT2D eigenvalue weighted by atomic mass is 19.1. The fraction of sp³-hybridized carbons (Fsp3) is 0.115. The number of hydrogen-bond donors (Lipinski definition) is 1. The van der Waals surface area contributed by atoms with Crippen LogP contribution in [0.25, 0.3) is 6.08 Å². The Morgan fingerprint density at radius 1 is 0.906 bits per heavy atom. The molecule has 0 atom stereocenters. The zero-order valence-electron chi connectivity index (χ0n) is 17.7. The summed E-state index contributed by atoms with van der Waals surface area (Å²) in [6.07, 6.45) is 1.88. The summed E-state index contributed by atoms with van der Waals surface area (Å²) in [5.41, 5.74) is 4.32. The van der Waals surface area contributed by atoms with Crippen LogP contribution in [0, 0.1) is 19.7 Å². The van der Waals surface area contributed by atoms with Gasteiger partial charge in [0, 0.05) is 6.42 Å². The summed E-state index contributed by atoms with van der Waals surface area (Å²) >= 11 is 0. The molecule has 32 heavy (non-hydrogen) atoms. The van der Waals surface area contributed by atoms with Crippen LogP contribution in [0.1, 0.15) is 27.8 Å². The predicted molar refractivity (Wildman–Crippen MR) is 121 cm³/mol. The van der Waals surface area contributed by atoms with Crippen molar-refractivity contribution >= 4 is 29.6 Å². The average Bonchev–Trinajstić information content (AvgIpc) is 2.76. The molecule has 0 aliphatic carbocycles. The molecule has 1 aliphatic rings. The number of aryl methyl sites for hydroxylation is 2. The fourth-order valence-electron chi connectivity index (χ4n) is 3.52. The fourth-order valence-corrected chi connectivity index (χ4v) is 3.52. The Hall–Kier alpha value is -4.06. The summed E-state index contributed by atoms with van der Waals surface area (Å²) in [5.74, 6) is -1.69. The van der Waals surface area contributed by atoms with Crippen molar-refractivity contribution in [3.05, 3.63) is 106 Å². The van der Waals surface area contributed by atoms with E-state index < -0.39 is 17.8 Å². The first-order valence-electron chi connectivity index (χ1n) is 10.1. The Balaban J connectivity index is 1.60. The highest BCUT2D eigenvalue weighted by Crippen LogP contribution is 2.24. The van der Waals surface area contributed by atoms with Gasteiger partial charge in [-0.1, -0.05) is 48.5 Å². The van der Waals surface area contributed by atoms with Crippen molar-refractivity contribution in [1.82, 2.24) is 5.32 Å². The van der Waals surface area contributed by atoms with E-state index in [1.807, 2.05) is 32.0 Å². The molecule has 0 bridgehead atoms. The van der Waals surface area contributed by atoms with Crippen LogP contribution in [0.4, 0.5) is 14.9 Å². The second-order valence-corrected chi connectivity index (χ2v) is 7.74. The first-order valence-corrected chi connectivity index (χ1v) is 10.1. The number of imide groups is 2. The third kappa shape index (κ3) is 4.21. The largest absolute Gasteiger partial charge is 0.335 e. The Kier molecular flexibility index (Phi) is 5.69. The van der Waals surface area contributed by atoms with Crippen LogP contribution in [-0.2, 0) is 16.0 Å². The van der Waals surface area contributed by atoms with Gasteiger partial charge in [0.05, 0.1) is 5.69 Å². The summed E-state index contributed by atoms with van der Waals surface area (Å²) in [6, 6.07) is 18.2. The van der Waals surface area contributed by atoms with E-state index >= 15 is 0 Å². The standard InChI is InChI=1S/C26H21FN2O3/c1-16-7-12-21(13-17(16)2)29-25(31)22(24(30)28-26(29)32)15-19-10-8-18(9-11-19)14-20-5-3-4-6-23(20)27/h3-13,15H,14H2,1-2H3,(H,28,30,32)/b22-15+. The highest BCUT2D eigenvalue weighted by Gasteiger charge is 2.36. The van der Waals surface area contributed by atoms with E-state index in [1.165, 1.54) is 12.1 Å². The van der Waals surface area contributed by atoms with E-state index in [0.29, 0.717) is 23.2 Å². The lowest BCUT2D eigenvalue weighted by Crippen LogP contribution is -2.54. The van der Waals surface area contributed by atoms with E-state index in [-0.39, 0.29) is 11.4 Å². The number of amides is 4. The van der Waals surface area contributed by atoms with Crippen LogP contribution in [0.5, 0.6) is 0 Å². The van der Waals surface area contributed by atoms with Crippen molar-refractivity contribution in [1.29, 1.82) is 0 Å². The molecule has 1 saturated heterocycles. The van der Waals surface area contributed by atoms with Gasteiger partial charge in [0.25, 0.3) is 11.8 Å². The molecule has 160 valence electrons. The maximum Gasteiger partial charge on any atom is 0.335 e. The predicted octanol–water partition coefficient (Wildman–Crippen LogP) is 4.70. The Bertz CT molecular complexity index is 1260. The first kappa shape index (κ1) is 21.2. The Morgan fingerprint density at radius 2 is 1.62 bits per heavy atom. The maximum atomic E-state index is 13.9. The van der Waals surface area contributed by atoms with Gasteiger partial charge in [-0.2, -0.15) is 0 Å². The number of anilines is 1. The first-order chi connectivity index (χ1) is 15.3. The van der Waals surface area contributed by atoms with Gasteiger partial charge in [0.15, 0.2) is 0 Å². The molecule has 0 aromatic heterocycles. The molecule has 4 rings (SSSR count). The number of carbonyl (C=O) groups is 3. The van der Waals surface area contributed by atoms with E-state index in [0.717, 1.165) is 21.6 Å². The monoisotopic (exact) mass is 428 g/mol. The lowest BCUT2D eigenvalue weighted by atomic mass is 10.0. The quantitative estimate of drug-likeness (QED) is 0.484. The second-order valence-electron chi connectivity index (χ2n) is 7.74. The molecule has 3 aromatic carbocycles. The van der Waals surface area contributed by atoms with Crippen molar-refractivity contribution in [3.63, 3.8) is 0 Å². The summed E-state index contributed by atoms with van der Waals surface area (Å²) in [6.45, 7) is 3.82. The zero-order chi connectivity index (χ0) is 22.8. The van der Waals surface area contributed by atoms with Crippen LogP contribution in [0.15, 0.2) is 72.3 Å². The molecular weight excluding hydrogens is 407 g/mol. The molecule has 6 heteroatoms. The summed E-state index contributed by atoms with van der Waals surface area (Å²) in [7, 11) is 0. The number of benzene rings is 3. The van der Waals surface area contributed by atoms with Crippen LogP contribution in [-0.4, -0.2) is 17.8 Å². The van der Waals surface area contributed by atoms with Crippen molar-refractivity contribution in [3.8, 4) is 0 Å².